The summed E-state index contributed by atoms with van der Waals surface area (Å²) in [5, 5.41) is 0. The molecule has 17 heavy (non-hydrogen) atoms. The van der Waals surface area contributed by atoms with E-state index in [2.05, 4.69) is 11.9 Å². The van der Waals surface area contributed by atoms with Gasteiger partial charge in [0.15, 0.2) is 0 Å². The van der Waals surface area contributed by atoms with Crippen LogP contribution in [0.1, 0.15) is 26.7 Å². The van der Waals surface area contributed by atoms with Crippen LogP contribution in [0.5, 0.6) is 0 Å². The molecule has 0 aromatic heterocycles. The summed E-state index contributed by atoms with van der Waals surface area (Å²) in [5.74, 6) is 0.297. The van der Waals surface area contributed by atoms with Crippen LogP contribution in [0.3, 0.4) is 0 Å². The van der Waals surface area contributed by atoms with Crippen molar-refractivity contribution >= 4 is 18.3 Å². The maximum atomic E-state index is 12.1. The minimum absolute atomic E-state index is 0. The number of likely N-dealkylation sites (N-methyl/N-ethyl adjacent to an activating group) is 1. The van der Waals surface area contributed by atoms with Crippen LogP contribution in [0.2, 0.25) is 0 Å². The molecule has 1 heterocycles. The highest BCUT2D eigenvalue weighted by Crippen LogP contribution is 2.15. The Balaban J connectivity index is 0.00000256. The number of amides is 1. The van der Waals surface area contributed by atoms with Crippen molar-refractivity contribution in [1.82, 2.24) is 9.80 Å². The first kappa shape index (κ1) is 16.7. The zero-order valence-corrected chi connectivity index (χ0v) is 12.2. The van der Waals surface area contributed by atoms with E-state index in [1.54, 1.807) is 0 Å². The molecule has 0 aliphatic carbocycles. The maximum Gasteiger partial charge on any atom is 0.239 e. The maximum absolute atomic E-state index is 12.1. The molecule has 1 amide bonds. The SMILES string of the molecule is CC(C)[C@H](N)C(=O)N(C)C1CCN(C)CC1.Cl. The Morgan fingerprint density at radius 2 is 1.82 bits per heavy atom. The number of carbonyl (C=O) groups excluding carboxylic acids is 1. The molecule has 4 nitrogen and oxygen atoms in total. The summed E-state index contributed by atoms with van der Waals surface area (Å²) in [6.45, 7) is 6.12. The quantitative estimate of drug-likeness (QED) is 0.825. The smallest absolute Gasteiger partial charge is 0.239 e. The van der Waals surface area contributed by atoms with E-state index in [9.17, 15) is 4.79 Å². The second-order valence-corrected chi connectivity index (χ2v) is 5.25. The van der Waals surface area contributed by atoms with Gasteiger partial charge in [0, 0.05) is 13.1 Å². The molecule has 1 aliphatic heterocycles. The second kappa shape index (κ2) is 7.19. The first-order valence-electron chi connectivity index (χ1n) is 6.14. The molecule has 1 rings (SSSR count). The third kappa shape index (κ3) is 4.45. The number of halogens is 1. The number of nitrogens with two attached hydrogens (primary N) is 1. The summed E-state index contributed by atoms with van der Waals surface area (Å²) in [5.41, 5.74) is 5.89. The van der Waals surface area contributed by atoms with E-state index < -0.39 is 0 Å². The van der Waals surface area contributed by atoms with Crippen molar-refractivity contribution in [3.05, 3.63) is 0 Å². The minimum atomic E-state index is -0.357. The Morgan fingerprint density at radius 3 is 2.24 bits per heavy atom. The molecule has 0 aromatic rings. The standard InChI is InChI=1S/C12H25N3O.ClH/c1-9(2)11(13)12(16)15(4)10-5-7-14(3)8-6-10;/h9-11H,5-8,13H2,1-4H3;1H/t11-;/m0./s1. The van der Waals surface area contributed by atoms with Gasteiger partial charge in [-0.3, -0.25) is 4.79 Å². The average Bonchev–Trinajstić information content (AvgIpc) is 2.27. The average molecular weight is 264 g/mol. The van der Waals surface area contributed by atoms with E-state index in [0.29, 0.717) is 6.04 Å². The topological polar surface area (TPSA) is 49.6 Å². The van der Waals surface area contributed by atoms with Gasteiger partial charge in [-0.25, -0.2) is 0 Å². The fourth-order valence-electron chi connectivity index (χ4n) is 2.08. The molecule has 0 aromatic carbocycles. The third-order valence-electron chi connectivity index (χ3n) is 3.59. The Bertz CT molecular complexity index is 240. The van der Waals surface area contributed by atoms with Crippen LogP contribution in [-0.2, 0) is 4.79 Å². The van der Waals surface area contributed by atoms with Gasteiger partial charge in [0.05, 0.1) is 6.04 Å². The van der Waals surface area contributed by atoms with Gasteiger partial charge in [-0.1, -0.05) is 13.8 Å². The molecule has 0 bridgehead atoms. The lowest BCUT2D eigenvalue weighted by molar-refractivity contribution is -0.135. The molecule has 0 saturated carbocycles. The highest BCUT2D eigenvalue weighted by Gasteiger charge is 2.28. The first-order chi connectivity index (χ1) is 7.43. The monoisotopic (exact) mass is 263 g/mol. The van der Waals surface area contributed by atoms with Gasteiger partial charge in [0.25, 0.3) is 0 Å². The molecule has 0 unspecified atom stereocenters. The van der Waals surface area contributed by atoms with Crippen molar-refractivity contribution in [3.8, 4) is 0 Å². The highest BCUT2D eigenvalue weighted by atomic mass is 35.5. The molecule has 2 N–H and O–H groups in total. The predicted octanol–water partition coefficient (Wildman–Crippen LogP) is 0.944. The number of likely N-dealkylation sites (tertiary alicyclic amines) is 1. The zero-order chi connectivity index (χ0) is 12.3. The Morgan fingerprint density at radius 1 is 1.35 bits per heavy atom. The van der Waals surface area contributed by atoms with Crippen LogP contribution in [0, 0.1) is 5.92 Å². The number of nitrogens with zero attached hydrogens (tertiary/aromatic N) is 2. The van der Waals surface area contributed by atoms with Crippen molar-refractivity contribution < 1.29 is 4.79 Å². The summed E-state index contributed by atoms with van der Waals surface area (Å²) in [6.07, 6.45) is 2.12. The molecule has 0 spiro atoms. The number of rotatable bonds is 3. The number of hydrogen-bond donors (Lipinski definition) is 1. The summed E-state index contributed by atoms with van der Waals surface area (Å²) in [4.78, 5) is 16.2. The number of piperidine rings is 1. The van der Waals surface area contributed by atoms with Crippen molar-refractivity contribution in [2.24, 2.45) is 11.7 Å². The molecule has 0 radical (unpaired) electrons. The van der Waals surface area contributed by atoms with Crippen molar-refractivity contribution in [2.75, 3.05) is 27.2 Å². The van der Waals surface area contributed by atoms with Crippen LogP contribution in [0.4, 0.5) is 0 Å². The third-order valence-corrected chi connectivity index (χ3v) is 3.59. The van der Waals surface area contributed by atoms with Crippen LogP contribution in [-0.4, -0.2) is 55.0 Å². The Labute approximate surface area is 111 Å². The largest absolute Gasteiger partial charge is 0.341 e. The van der Waals surface area contributed by atoms with E-state index in [1.807, 2.05) is 25.8 Å². The van der Waals surface area contributed by atoms with Crippen molar-refractivity contribution in [3.63, 3.8) is 0 Å². The van der Waals surface area contributed by atoms with Gasteiger partial charge in [-0.2, -0.15) is 0 Å². The summed E-state index contributed by atoms with van der Waals surface area (Å²) < 4.78 is 0. The van der Waals surface area contributed by atoms with E-state index in [1.165, 1.54) is 0 Å². The molecule has 1 saturated heterocycles. The second-order valence-electron chi connectivity index (χ2n) is 5.25. The van der Waals surface area contributed by atoms with Crippen molar-refractivity contribution in [1.29, 1.82) is 0 Å². The van der Waals surface area contributed by atoms with Gasteiger partial charge in [0.2, 0.25) is 5.91 Å². The van der Waals surface area contributed by atoms with E-state index in [0.717, 1.165) is 25.9 Å². The van der Waals surface area contributed by atoms with Gasteiger partial charge in [0.1, 0.15) is 0 Å². The fraction of sp³-hybridized carbons (Fsp3) is 0.917. The fourth-order valence-corrected chi connectivity index (χ4v) is 2.08. The van der Waals surface area contributed by atoms with Gasteiger partial charge in [-0.15, -0.1) is 12.4 Å². The molecule has 1 aliphatic rings. The summed E-state index contributed by atoms with van der Waals surface area (Å²) in [6, 6.07) is 0.0122. The Kier molecular flexibility index (Phi) is 7.05. The summed E-state index contributed by atoms with van der Waals surface area (Å²) in [7, 11) is 4.01. The lowest BCUT2D eigenvalue weighted by Gasteiger charge is -2.36. The number of hydrogen-bond acceptors (Lipinski definition) is 3. The highest BCUT2D eigenvalue weighted by molar-refractivity contribution is 5.85. The minimum Gasteiger partial charge on any atom is -0.341 e. The van der Waals surface area contributed by atoms with Gasteiger partial charge < -0.3 is 15.5 Å². The predicted molar refractivity (Wildman–Crippen MR) is 73.4 cm³/mol. The first-order valence-corrected chi connectivity index (χ1v) is 6.14. The lowest BCUT2D eigenvalue weighted by atomic mass is 10.00. The van der Waals surface area contributed by atoms with Crippen LogP contribution < -0.4 is 5.73 Å². The van der Waals surface area contributed by atoms with Crippen LogP contribution in [0.25, 0.3) is 0 Å². The van der Waals surface area contributed by atoms with E-state index >= 15 is 0 Å². The molecular formula is C12H26ClN3O. The van der Waals surface area contributed by atoms with Crippen LogP contribution >= 0.6 is 12.4 Å². The van der Waals surface area contributed by atoms with Gasteiger partial charge in [-0.05, 0) is 38.9 Å². The van der Waals surface area contributed by atoms with E-state index in [4.69, 9.17) is 5.73 Å². The van der Waals surface area contributed by atoms with Crippen molar-refractivity contribution in [2.45, 2.75) is 38.8 Å². The zero-order valence-electron chi connectivity index (χ0n) is 11.3. The molecular weight excluding hydrogens is 238 g/mol. The summed E-state index contributed by atoms with van der Waals surface area (Å²) >= 11 is 0. The van der Waals surface area contributed by atoms with Gasteiger partial charge >= 0.3 is 0 Å². The Hall–Kier alpha value is -0.320. The van der Waals surface area contributed by atoms with Crippen LogP contribution in [0.15, 0.2) is 0 Å². The molecule has 102 valence electrons. The molecule has 1 fully saturated rings. The molecule has 1 atom stereocenters. The molecule has 5 heteroatoms. The normalized spacial score (nSPS) is 19.9. The lowest BCUT2D eigenvalue weighted by Crippen LogP contribution is -2.51. The number of carbonyl (C=O) groups is 1. The van der Waals surface area contributed by atoms with E-state index in [-0.39, 0.29) is 30.3 Å².